The molecule has 1 saturated carbocycles. The average Bonchev–Trinajstić information content (AvgIpc) is 3.32. The van der Waals surface area contributed by atoms with E-state index in [1.807, 2.05) is 11.1 Å². The Hall–Kier alpha value is -2.11. The molecule has 140 valence electrons. The van der Waals surface area contributed by atoms with Crippen LogP contribution >= 0.6 is 0 Å². The molecule has 0 spiro atoms. The number of methoxy groups -OCH3 is 1. The van der Waals surface area contributed by atoms with Crippen LogP contribution in [0.15, 0.2) is 18.6 Å². The molecule has 1 amide bonds. The van der Waals surface area contributed by atoms with Gasteiger partial charge in [-0.25, -0.2) is 14.8 Å². The van der Waals surface area contributed by atoms with Crippen LogP contribution in [0, 0.1) is 23.7 Å². The van der Waals surface area contributed by atoms with Crippen molar-refractivity contribution in [1.29, 1.82) is 0 Å². The molecule has 4 rings (SSSR count). The first-order valence-corrected chi connectivity index (χ1v) is 9.67. The van der Waals surface area contributed by atoms with Crippen molar-refractivity contribution in [3.63, 3.8) is 0 Å². The Morgan fingerprint density at radius 1 is 1.31 bits per heavy atom. The van der Waals surface area contributed by atoms with Crippen LogP contribution in [0.1, 0.15) is 44.7 Å². The molecule has 2 fully saturated rings. The van der Waals surface area contributed by atoms with Gasteiger partial charge in [-0.1, -0.05) is 13.8 Å². The quantitative estimate of drug-likeness (QED) is 0.904. The van der Waals surface area contributed by atoms with Gasteiger partial charge in [0.05, 0.1) is 12.8 Å². The fourth-order valence-electron chi connectivity index (χ4n) is 5.14. The van der Waals surface area contributed by atoms with Crippen molar-refractivity contribution in [3.8, 4) is 0 Å². The molecule has 2 aliphatic rings. The van der Waals surface area contributed by atoms with Crippen molar-refractivity contribution in [2.24, 2.45) is 23.7 Å². The van der Waals surface area contributed by atoms with E-state index in [0.717, 1.165) is 24.1 Å². The number of hydrogen-bond donors (Lipinski definition) is 1. The Labute approximate surface area is 154 Å². The molecule has 0 aromatic carbocycles. The van der Waals surface area contributed by atoms with Gasteiger partial charge in [-0.05, 0) is 49.0 Å². The van der Waals surface area contributed by atoms with E-state index in [0.29, 0.717) is 29.6 Å². The van der Waals surface area contributed by atoms with Gasteiger partial charge in [0.1, 0.15) is 12.0 Å². The highest BCUT2D eigenvalue weighted by Gasteiger charge is 2.43. The molecule has 0 radical (unpaired) electrons. The molecule has 2 aromatic rings. The minimum Gasteiger partial charge on any atom is -0.453 e. The largest absolute Gasteiger partial charge is 0.453 e. The van der Waals surface area contributed by atoms with E-state index in [-0.39, 0.29) is 6.09 Å². The summed E-state index contributed by atoms with van der Waals surface area (Å²) >= 11 is 0. The SMILES string of the molecule is COC(=O)N1CC2CC(CC(c3ncnc4[nH]ccc34)C(C)C)CC2C1. The Morgan fingerprint density at radius 2 is 2.04 bits per heavy atom. The average molecular weight is 356 g/mol. The van der Waals surface area contributed by atoms with Gasteiger partial charge < -0.3 is 14.6 Å². The van der Waals surface area contributed by atoms with E-state index >= 15 is 0 Å². The van der Waals surface area contributed by atoms with Crippen molar-refractivity contribution in [2.45, 2.75) is 39.0 Å². The molecule has 3 heterocycles. The smallest absolute Gasteiger partial charge is 0.409 e. The Bertz CT molecular complexity index is 773. The summed E-state index contributed by atoms with van der Waals surface area (Å²) in [5, 5.41) is 1.15. The van der Waals surface area contributed by atoms with E-state index in [2.05, 4.69) is 34.9 Å². The van der Waals surface area contributed by atoms with Crippen molar-refractivity contribution < 1.29 is 9.53 Å². The summed E-state index contributed by atoms with van der Waals surface area (Å²) in [6.45, 7) is 6.30. The highest BCUT2D eigenvalue weighted by molar-refractivity contribution is 5.78. The zero-order chi connectivity index (χ0) is 18.3. The highest BCUT2D eigenvalue weighted by Crippen LogP contribution is 2.46. The second-order valence-electron chi connectivity index (χ2n) is 8.32. The molecule has 6 nitrogen and oxygen atoms in total. The minimum atomic E-state index is -0.174. The third-order valence-corrected chi connectivity index (χ3v) is 6.41. The number of fused-ring (bicyclic) bond motifs is 2. The number of ether oxygens (including phenoxy) is 1. The lowest BCUT2D eigenvalue weighted by Crippen LogP contribution is -2.29. The van der Waals surface area contributed by atoms with Crippen LogP contribution in [0.2, 0.25) is 0 Å². The summed E-state index contributed by atoms with van der Waals surface area (Å²) in [6, 6.07) is 2.09. The zero-order valence-corrected chi connectivity index (χ0v) is 15.8. The number of carbonyl (C=O) groups is 1. The van der Waals surface area contributed by atoms with E-state index in [1.165, 1.54) is 32.1 Å². The molecule has 1 aliphatic carbocycles. The molecular weight excluding hydrogens is 328 g/mol. The molecular formula is C20H28N4O2. The summed E-state index contributed by atoms with van der Waals surface area (Å²) in [5.74, 6) is 2.95. The maximum Gasteiger partial charge on any atom is 0.409 e. The Balaban J connectivity index is 1.46. The number of likely N-dealkylation sites (tertiary alicyclic amines) is 1. The van der Waals surface area contributed by atoms with Crippen LogP contribution in [0.4, 0.5) is 4.79 Å². The van der Waals surface area contributed by atoms with Gasteiger partial charge in [0.2, 0.25) is 0 Å². The van der Waals surface area contributed by atoms with E-state index in [9.17, 15) is 4.79 Å². The molecule has 3 unspecified atom stereocenters. The summed E-state index contributed by atoms with van der Waals surface area (Å²) in [6.07, 6.45) is 7.04. The molecule has 26 heavy (non-hydrogen) atoms. The second kappa shape index (κ2) is 6.89. The van der Waals surface area contributed by atoms with E-state index in [1.54, 1.807) is 6.33 Å². The number of nitrogens with zero attached hydrogens (tertiary/aromatic N) is 3. The van der Waals surface area contributed by atoms with Gasteiger partial charge >= 0.3 is 6.09 Å². The van der Waals surface area contributed by atoms with Gasteiger partial charge in [-0.2, -0.15) is 0 Å². The summed E-state index contributed by atoms with van der Waals surface area (Å²) in [7, 11) is 1.47. The van der Waals surface area contributed by atoms with Gasteiger partial charge in [-0.3, -0.25) is 0 Å². The van der Waals surface area contributed by atoms with Crippen LogP contribution in [0.5, 0.6) is 0 Å². The van der Waals surface area contributed by atoms with Gasteiger partial charge in [0.15, 0.2) is 0 Å². The fraction of sp³-hybridized carbons (Fsp3) is 0.650. The Kier molecular flexibility index (Phi) is 4.59. The lowest BCUT2D eigenvalue weighted by Gasteiger charge is -2.25. The molecule has 3 atom stereocenters. The molecule has 1 aliphatic heterocycles. The predicted molar refractivity (Wildman–Crippen MR) is 99.8 cm³/mol. The second-order valence-corrected chi connectivity index (χ2v) is 8.32. The topological polar surface area (TPSA) is 71.1 Å². The first-order valence-electron chi connectivity index (χ1n) is 9.67. The van der Waals surface area contributed by atoms with Crippen molar-refractivity contribution in [1.82, 2.24) is 19.9 Å². The molecule has 0 bridgehead atoms. The van der Waals surface area contributed by atoms with Gasteiger partial charge in [0.25, 0.3) is 0 Å². The number of nitrogens with one attached hydrogen (secondary N) is 1. The number of aromatic amines is 1. The number of amides is 1. The first kappa shape index (κ1) is 17.3. The minimum absolute atomic E-state index is 0.174. The number of carbonyl (C=O) groups excluding carboxylic acids is 1. The van der Waals surface area contributed by atoms with Gasteiger partial charge in [0, 0.05) is 30.6 Å². The zero-order valence-electron chi connectivity index (χ0n) is 15.8. The molecule has 1 N–H and O–H groups in total. The van der Waals surface area contributed by atoms with Crippen LogP contribution < -0.4 is 0 Å². The van der Waals surface area contributed by atoms with E-state index < -0.39 is 0 Å². The van der Waals surface area contributed by atoms with Crippen LogP contribution in [0.3, 0.4) is 0 Å². The van der Waals surface area contributed by atoms with Crippen LogP contribution in [0.25, 0.3) is 11.0 Å². The van der Waals surface area contributed by atoms with Crippen LogP contribution in [-0.2, 0) is 4.74 Å². The third kappa shape index (κ3) is 3.06. The first-order chi connectivity index (χ1) is 12.6. The summed E-state index contributed by atoms with van der Waals surface area (Å²) in [4.78, 5) is 25.8. The number of aromatic nitrogens is 3. The number of H-pyrrole nitrogens is 1. The Morgan fingerprint density at radius 3 is 2.69 bits per heavy atom. The molecule has 6 heteroatoms. The van der Waals surface area contributed by atoms with Crippen molar-refractivity contribution >= 4 is 17.1 Å². The number of rotatable bonds is 4. The van der Waals surface area contributed by atoms with Gasteiger partial charge in [-0.15, -0.1) is 0 Å². The lowest BCUT2D eigenvalue weighted by atomic mass is 9.82. The van der Waals surface area contributed by atoms with Crippen molar-refractivity contribution in [3.05, 3.63) is 24.3 Å². The maximum absolute atomic E-state index is 11.8. The highest BCUT2D eigenvalue weighted by atomic mass is 16.5. The summed E-state index contributed by atoms with van der Waals surface area (Å²) < 4.78 is 4.88. The lowest BCUT2D eigenvalue weighted by molar-refractivity contribution is 0.128. The maximum atomic E-state index is 11.8. The fourth-order valence-corrected chi connectivity index (χ4v) is 5.14. The monoisotopic (exact) mass is 356 g/mol. The predicted octanol–water partition coefficient (Wildman–Crippen LogP) is 3.81. The van der Waals surface area contributed by atoms with Crippen molar-refractivity contribution in [2.75, 3.05) is 20.2 Å². The summed E-state index contributed by atoms with van der Waals surface area (Å²) in [5.41, 5.74) is 2.11. The van der Waals surface area contributed by atoms with E-state index in [4.69, 9.17) is 4.74 Å². The normalized spacial score (nSPS) is 26.5. The third-order valence-electron chi connectivity index (χ3n) is 6.41. The molecule has 2 aromatic heterocycles. The number of hydrogen-bond acceptors (Lipinski definition) is 4. The standard InChI is InChI=1S/C20H28N4O2/c1-12(2)17(18-16-4-5-21-19(16)23-11-22-18)8-13-6-14-9-24(20(25)26-3)10-15(14)7-13/h4-5,11-15,17H,6-10H2,1-3H3,(H,21,22,23). The van der Waals surface area contributed by atoms with Crippen LogP contribution in [-0.4, -0.2) is 46.1 Å². The molecule has 1 saturated heterocycles.